The Hall–Kier alpha value is -2.11. The zero-order valence-corrected chi connectivity index (χ0v) is 14.4. The molecule has 2 aromatic carbocycles. The molecule has 0 unspecified atom stereocenters. The first-order valence-corrected chi connectivity index (χ1v) is 8.21. The van der Waals surface area contributed by atoms with Crippen molar-refractivity contribution in [1.29, 1.82) is 0 Å². The van der Waals surface area contributed by atoms with Crippen LogP contribution in [0.25, 0.3) is 10.9 Å². The number of carbonyl (C=O) groups is 1. The van der Waals surface area contributed by atoms with Crippen LogP contribution in [0.15, 0.2) is 46.9 Å². The summed E-state index contributed by atoms with van der Waals surface area (Å²) in [6.07, 6.45) is 0.329. The van der Waals surface area contributed by atoms with Crippen LogP contribution in [0.4, 0.5) is 5.69 Å². The fourth-order valence-corrected chi connectivity index (χ4v) is 3.09. The van der Waals surface area contributed by atoms with Crippen LogP contribution in [0.1, 0.15) is 16.8 Å². The van der Waals surface area contributed by atoms with E-state index in [4.69, 9.17) is 5.73 Å². The maximum absolute atomic E-state index is 12.4. The van der Waals surface area contributed by atoms with Crippen LogP contribution >= 0.6 is 15.9 Å². The second-order valence-electron chi connectivity index (χ2n) is 5.55. The standard InChI is InChI=1S/C18H18BrN3O/c1-11-15(16-8-13(19)5-6-17(16)21-11)9-18(23)22-14-4-2-3-12(7-14)10-20/h2-8,21H,9-10,20H2,1H3,(H,22,23). The summed E-state index contributed by atoms with van der Waals surface area (Å²) in [4.78, 5) is 15.7. The lowest BCUT2D eigenvalue weighted by Gasteiger charge is -2.07. The lowest BCUT2D eigenvalue weighted by molar-refractivity contribution is -0.115. The van der Waals surface area contributed by atoms with Gasteiger partial charge in [0, 0.05) is 33.3 Å². The van der Waals surface area contributed by atoms with Crippen LogP contribution in [0.2, 0.25) is 0 Å². The molecule has 3 aromatic rings. The van der Waals surface area contributed by atoms with Crippen molar-refractivity contribution in [3.8, 4) is 0 Å². The Morgan fingerprint density at radius 3 is 2.87 bits per heavy atom. The molecule has 0 aliphatic heterocycles. The summed E-state index contributed by atoms with van der Waals surface area (Å²) in [7, 11) is 0. The topological polar surface area (TPSA) is 70.9 Å². The van der Waals surface area contributed by atoms with Crippen molar-refractivity contribution in [3.63, 3.8) is 0 Å². The zero-order chi connectivity index (χ0) is 16.4. The van der Waals surface area contributed by atoms with Gasteiger partial charge in [-0.1, -0.05) is 28.1 Å². The first-order valence-electron chi connectivity index (χ1n) is 7.42. The van der Waals surface area contributed by atoms with Crippen LogP contribution in [-0.2, 0) is 17.8 Å². The molecule has 4 nitrogen and oxygen atoms in total. The van der Waals surface area contributed by atoms with Crippen LogP contribution in [0.3, 0.4) is 0 Å². The molecule has 1 heterocycles. The molecule has 0 saturated carbocycles. The molecule has 0 spiro atoms. The SMILES string of the molecule is Cc1[nH]c2ccc(Br)cc2c1CC(=O)Nc1cccc(CN)c1. The van der Waals surface area contributed by atoms with Crippen LogP contribution in [-0.4, -0.2) is 10.9 Å². The molecule has 118 valence electrons. The summed E-state index contributed by atoms with van der Waals surface area (Å²) < 4.78 is 1.00. The number of nitrogens with one attached hydrogen (secondary N) is 2. The quantitative estimate of drug-likeness (QED) is 0.651. The molecule has 4 N–H and O–H groups in total. The number of carbonyl (C=O) groups excluding carboxylic acids is 1. The van der Waals surface area contributed by atoms with Gasteiger partial charge in [0.15, 0.2) is 0 Å². The number of aromatic nitrogens is 1. The number of fused-ring (bicyclic) bond motifs is 1. The maximum Gasteiger partial charge on any atom is 0.228 e. The fraction of sp³-hybridized carbons (Fsp3) is 0.167. The monoisotopic (exact) mass is 371 g/mol. The van der Waals surface area contributed by atoms with Crippen molar-refractivity contribution in [3.05, 3.63) is 63.8 Å². The number of hydrogen-bond donors (Lipinski definition) is 3. The Morgan fingerprint density at radius 2 is 2.09 bits per heavy atom. The molecule has 0 fully saturated rings. The van der Waals surface area contributed by atoms with E-state index in [-0.39, 0.29) is 5.91 Å². The van der Waals surface area contributed by atoms with E-state index in [2.05, 4.69) is 26.2 Å². The van der Waals surface area contributed by atoms with E-state index in [0.717, 1.165) is 37.9 Å². The minimum atomic E-state index is -0.0388. The summed E-state index contributed by atoms with van der Waals surface area (Å²) in [5, 5.41) is 4.01. The number of aryl methyl sites for hydroxylation is 1. The van der Waals surface area contributed by atoms with Crippen molar-refractivity contribution < 1.29 is 4.79 Å². The fourth-order valence-electron chi connectivity index (χ4n) is 2.72. The van der Waals surface area contributed by atoms with E-state index >= 15 is 0 Å². The number of aromatic amines is 1. The molecule has 1 aromatic heterocycles. The highest BCUT2D eigenvalue weighted by atomic mass is 79.9. The minimum absolute atomic E-state index is 0.0388. The number of benzene rings is 2. The number of amides is 1. The van der Waals surface area contributed by atoms with Crippen molar-refractivity contribution in [2.24, 2.45) is 5.73 Å². The Balaban J connectivity index is 1.82. The number of nitrogens with two attached hydrogens (primary N) is 1. The van der Waals surface area contributed by atoms with E-state index in [9.17, 15) is 4.79 Å². The van der Waals surface area contributed by atoms with E-state index in [1.54, 1.807) is 0 Å². The van der Waals surface area contributed by atoms with Gasteiger partial charge in [-0.15, -0.1) is 0 Å². The zero-order valence-electron chi connectivity index (χ0n) is 12.8. The molecule has 0 radical (unpaired) electrons. The van der Waals surface area contributed by atoms with Gasteiger partial charge in [-0.2, -0.15) is 0 Å². The van der Waals surface area contributed by atoms with Gasteiger partial charge < -0.3 is 16.0 Å². The van der Waals surface area contributed by atoms with Crippen LogP contribution in [0, 0.1) is 6.92 Å². The predicted octanol–water partition coefficient (Wildman–Crippen LogP) is 3.88. The highest BCUT2D eigenvalue weighted by molar-refractivity contribution is 9.10. The highest BCUT2D eigenvalue weighted by Crippen LogP contribution is 2.26. The van der Waals surface area contributed by atoms with Crippen molar-refractivity contribution >= 4 is 38.4 Å². The molecule has 0 bridgehead atoms. The second kappa shape index (κ2) is 6.56. The van der Waals surface area contributed by atoms with Gasteiger partial charge in [0.05, 0.1) is 6.42 Å². The lowest BCUT2D eigenvalue weighted by atomic mass is 10.1. The third-order valence-corrected chi connectivity index (χ3v) is 4.36. The van der Waals surface area contributed by atoms with Crippen LogP contribution < -0.4 is 11.1 Å². The maximum atomic E-state index is 12.4. The van der Waals surface area contributed by atoms with Gasteiger partial charge in [0.25, 0.3) is 0 Å². The summed E-state index contributed by atoms with van der Waals surface area (Å²) in [5.74, 6) is -0.0388. The lowest BCUT2D eigenvalue weighted by Crippen LogP contribution is -2.15. The van der Waals surface area contributed by atoms with Crippen molar-refractivity contribution in [2.75, 3.05) is 5.32 Å². The van der Waals surface area contributed by atoms with E-state index in [1.165, 1.54) is 0 Å². The first kappa shape index (κ1) is 15.8. The predicted molar refractivity (Wildman–Crippen MR) is 97.4 cm³/mol. The van der Waals surface area contributed by atoms with Gasteiger partial charge in [-0.05, 0) is 48.4 Å². The number of anilines is 1. The van der Waals surface area contributed by atoms with Gasteiger partial charge in [0.2, 0.25) is 5.91 Å². The Kier molecular flexibility index (Phi) is 4.50. The smallest absolute Gasteiger partial charge is 0.228 e. The van der Waals surface area contributed by atoms with Crippen molar-refractivity contribution in [1.82, 2.24) is 4.98 Å². The highest BCUT2D eigenvalue weighted by Gasteiger charge is 2.13. The summed E-state index contributed by atoms with van der Waals surface area (Å²) in [6.45, 7) is 2.45. The molecule has 0 saturated heterocycles. The number of rotatable bonds is 4. The second-order valence-corrected chi connectivity index (χ2v) is 6.46. The number of H-pyrrole nitrogens is 1. The molecule has 0 aliphatic carbocycles. The Bertz CT molecular complexity index is 870. The molecular weight excluding hydrogens is 354 g/mol. The van der Waals surface area contributed by atoms with E-state index in [1.807, 2.05) is 49.4 Å². The van der Waals surface area contributed by atoms with Crippen molar-refractivity contribution in [2.45, 2.75) is 19.9 Å². The average Bonchev–Trinajstić information content (AvgIpc) is 2.83. The summed E-state index contributed by atoms with van der Waals surface area (Å²) in [5.41, 5.74) is 10.5. The molecule has 3 rings (SSSR count). The first-order chi connectivity index (χ1) is 11.1. The van der Waals surface area contributed by atoms with Gasteiger partial charge in [0.1, 0.15) is 0 Å². The van der Waals surface area contributed by atoms with Gasteiger partial charge in [-0.3, -0.25) is 4.79 Å². The largest absolute Gasteiger partial charge is 0.358 e. The Labute approximate surface area is 143 Å². The molecule has 0 aliphatic rings. The third-order valence-electron chi connectivity index (χ3n) is 3.87. The summed E-state index contributed by atoms with van der Waals surface area (Å²) in [6, 6.07) is 13.6. The summed E-state index contributed by atoms with van der Waals surface area (Å²) >= 11 is 3.49. The average molecular weight is 372 g/mol. The normalized spacial score (nSPS) is 10.9. The van der Waals surface area contributed by atoms with E-state index in [0.29, 0.717) is 13.0 Å². The molecule has 23 heavy (non-hydrogen) atoms. The third kappa shape index (κ3) is 3.46. The van der Waals surface area contributed by atoms with Gasteiger partial charge >= 0.3 is 0 Å². The van der Waals surface area contributed by atoms with Gasteiger partial charge in [-0.25, -0.2) is 0 Å². The van der Waals surface area contributed by atoms with Crippen LogP contribution in [0.5, 0.6) is 0 Å². The molecule has 0 atom stereocenters. The Morgan fingerprint density at radius 1 is 1.26 bits per heavy atom. The number of hydrogen-bond acceptors (Lipinski definition) is 2. The minimum Gasteiger partial charge on any atom is -0.358 e. The number of halogens is 1. The molecular formula is C18H18BrN3O. The van der Waals surface area contributed by atoms with E-state index < -0.39 is 0 Å². The molecule has 1 amide bonds. The molecule has 5 heteroatoms.